The van der Waals surface area contributed by atoms with Crippen molar-refractivity contribution in [1.82, 2.24) is 24.9 Å². The minimum Gasteiger partial charge on any atom is -0.444 e. The van der Waals surface area contributed by atoms with Gasteiger partial charge in [-0.25, -0.2) is 4.79 Å². The van der Waals surface area contributed by atoms with E-state index < -0.39 is 5.60 Å². The molecule has 0 radical (unpaired) electrons. The van der Waals surface area contributed by atoms with E-state index in [1.165, 1.54) is 12.8 Å². The molecule has 2 aliphatic rings. The second kappa shape index (κ2) is 9.50. The normalized spacial score (nSPS) is 18.6. The Kier molecular flexibility index (Phi) is 7.03. The largest absolute Gasteiger partial charge is 0.444 e. The molecule has 0 unspecified atom stereocenters. The van der Waals surface area contributed by atoms with Gasteiger partial charge in [0.1, 0.15) is 5.60 Å². The molecule has 8 nitrogen and oxygen atoms in total. The third-order valence-electron chi connectivity index (χ3n) is 5.38. The molecule has 3 rings (SSSR count). The molecule has 0 spiro atoms. The standard InChI is InChI=1S/C21H36N6O2/c1-21(2,3)29-20(28)27(16-17-6-7-17)18-8-13-25(14-9-18)19(22-4)23-11-15-26-12-5-10-24-26/h5,10,12,17-18H,6-9,11,13-16H2,1-4H3,(H,22,23). The topological polar surface area (TPSA) is 75.0 Å². The van der Waals surface area contributed by atoms with Crippen LogP contribution >= 0.6 is 0 Å². The molecular formula is C21H36N6O2. The summed E-state index contributed by atoms with van der Waals surface area (Å²) in [5.74, 6) is 1.57. The summed E-state index contributed by atoms with van der Waals surface area (Å²) in [5.41, 5.74) is -0.458. The number of amides is 1. The van der Waals surface area contributed by atoms with Gasteiger partial charge >= 0.3 is 6.09 Å². The number of guanidine groups is 1. The fraction of sp³-hybridized carbons (Fsp3) is 0.762. The molecular weight excluding hydrogens is 368 g/mol. The predicted octanol–water partition coefficient (Wildman–Crippen LogP) is 2.57. The van der Waals surface area contributed by atoms with E-state index >= 15 is 0 Å². The number of rotatable bonds is 6. The van der Waals surface area contributed by atoms with Crippen LogP contribution in [0.25, 0.3) is 0 Å². The lowest BCUT2D eigenvalue weighted by Crippen LogP contribution is -2.52. The first-order chi connectivity index (χ1) is 13.9. The van der Waals surface area contributed by atoms with Crippen molar-refractivity contribution in [3.05, 3.63) is 18.5 Å². The van der Waals surface area contributed by atoms with Gasteiger partial charge in [-0.3, -0.25) is 9.67 Å². The van der Waals surface area contributed by atoms with Crippen LogP contribution < -0.4 is 5.32 Å². The van der Waals surface area contributed by atoms with Gasteiger partial charge in [0.15, 0.2) is 5.96 Å². The number of ether oxygens (including phenoxy) is 1. The Hall–Kier alpha value is -2.25. The Morgan fingerprint density at radius 2 is 2.00 bits per heavy atom. The van der Waals surface area contributed by atoms with Gasteiger partial charge in [-0.05, 0) is 58.4 Å². The van der Waals surface area contributed by atoms with E-state index in [1.54, 1.807) is 6.20 Å². The van der Waals surface area contributed by atoms with E-state index in [2.05, 4.69) is 20.3 Å². The van der Waals surface area contributed by atoms with Crippen molar-refractivity contribution in [1.29, 1.82) is 0 Å². The minimum absolute atomic E-state index is 0.162. The lowest BCUT2D eigenvalue weighted by Gasteiger charge is -2.40. The van der Waals surface area contributed by atoms with Gasteiger partial charge < -0.3 is 19.9 Å². The van der Waals surface area contributed by atoms with Crippen LogP contribution in [0.2, 0.25) is 0 Å². The zero-order valence-electron chi connectivity index (χ0n) is 18.3. The minimum atomic E-state index is -0.458. The average Bonchev–Trinajstić information content (AvgIpc) is 3.35. The first-order valence-electron chi connectivity index (χ1n) is 10.8. The van der Waals surface area contributed by atoms with Crippen LogP contribution in [0.5, 0.6) is 0 Å². The van der Waals surface area contributed by atoms with Crippen LogP contribution in [0.1, 0.15) is 46.5 Å². The number of likely N-dealkylation sites (tertiary alicyclic amines) is 1. The molecule has 2 heterocycles. The third kappa shape index (κ3) is 6.65. The average molecular weight is 405 g/mol. The predicted molar refractivity (Wildman–Crippen MR) is 114 cm³/mol. The Bertz CT molecular complexity index is 670. The monoisotopic (exact) mass is 404 g/mol. The van der Waals surface area contributed by atoms with Crippen molar-refractivity contribution in [3.8, 4) is 0 Å². The van der Waals surface area contributed by atoms with Gasteiger partial charge in [0.2, 0.25) is 0 Å². The number of carbonyl (C=O) groups excluding carboxylic acids is 1. The smallest absolute Gasteiger partial charge is 0.410 e. The van der Waals surface area contributed by atoms with Gasteiger partial charge in [-0.2, -0.15) is 5.10 Å². The summed E-state index contributed by atoms with van der Waals surface area (Å²) in [7, 11) is 1.82. The van der Waals surface area contributed by atoms with Gasteiger partial charge in [0, 0.05) is 51.7 Å². The number of aromatic nitrogens is 2. The molecule has 1 aromatic heterocycles. The van der Waals surface area contributed by atoms with Gasteiger partial charge in [-0.15, -0.1) is 0 Å². The Labute approximate surface area is 174 Å². The van der Waals surface area contributed by atoms with Crippen LogP contribution in [0.15, 0.2) is 23.5 Å². The highest BCUT2D eigenvalue weighted by Gasteiger charge is 2.35. The van der Waals surface area contributed by atoms with E-state index in [1.807, 2.05) is 49.7 Å². The Morgan fingerprint density at radius 3 is 2.55 bits per heavy atom. The van der Waals surface area contributed by atoms with Gasteiger partial charge in [-0.1, -0.05) is 0 Å². The zero-order valence-corrected chi connectivity index (χ0v) is 18.3. The number of nitrogens with one attached hydrogen (secondary N) is 1. The number of aliphatic imine (C=N–C) groups is 1. The Balaban J connectivity index is 1.50. The Morgan fingerprint density at radius 1 is 1.28 bits per heavy atom. The van der Waals surface area contributed by atoms with Crippen LogP contribution in [0.3, 0.4) is 0 Å². The first-order valence-corrected chi connectivity index (χ1v) is 10.8. The van der Waals surface area contributed by atoms with Gasteiger partial charge in [0.05, 0.1) is 6.54 Å². The van der Waals surface area contributed by atoms with Crippen molar-refractivity contribution in [2.24, 2.45) is 10.9 Å². The lowest BCUT2D eigenvalue weighted by atomic mass is 10.0. The van der Waals surface area contributed by atoms with Crippen LogP contribution in [-0.4, -0.2) is 76.5 Å². The molecule has 8 heteroatoms. The van der Waals surface area contributed by atoms with E-state index in [0.717, 1.165) is 51.5 Å². The lowest BCUT2D eigenvalue weighted by molar-refractivity contribution is 0.00928. The maximum Gasteiger partial charge on any atom is 0.410 e. The number of carbonyl (C=O) groups is 1. The number of piperidine rings is 1. The highest BCUT2D eigenvalue weighted by atomic mass is 16.6. The molecule has 1 amide bonds. The maximum atomic E-state index is 12.8. The van der Waals surface area contributed by atoms with E-state index in [-0.39, 0.29) is 12.1 Å². The van der Waals surface area contributed by atoms with Crippen molar-refractivity contribution < 1.29 is 9.53 Å². The molecule has 162 valence electrons. The molecule has 0 bridgehead atoms. The number of nitrogens with zero attached hydrogens (tertiary/aromatic N) is 5. The van der Waals surface area contributed by atoms with E-state index in [4.69, 9.17) is 4.74 Å². The molecule has 1 saturated carbocycles. The summed E-state index contributed by atoms with van der Waals surface area (Å²) in [6, 6.07) is 2.17. The molecule has 0 atom stereocenters. The molecule has 1 aliphatic carbocycles. The zero-order chi connectivity index (χ0) is 20.9. The number of hydrogen-bond acceptors (Lipinski definition) is 4. The molecule has 0 aromatic carbocycles. The van der Waals surface area contributed by atoms with E-state index in [0.29, 0.717) is 5.92 Å². The SMILES string of the molecule is CN=C(NCCn1cccn1)N1CCC(N(CC2CC2)C(=O)OC(C)(C)C)CC1. The van der Waals surface area contributed by atoms with Crippen molar-refractivity contribution in [2.45, 2.75) is 64.6 Å². The summed E-state index contributed by atoms with van der Waals surface area (Å²) in [6.07, 6.45) is 7.91. The van der Waals surface area contributed by atoms with Crippen LogP contribution in [0, 0.1) is 5.92 Å². The molecule has 29 heavy (non-hydrogen) atoms. The third-order valence-corrected chi connectivity index (χ3v) is 5.38. The second-order valence-corrected chi connectivity index (χ2v) is 9.04. The molecule has 2 fully saturated rings. The molecule has 1 aliphatic heterocycles. The van der Waals surface area contributed by atoms with E-state index in [9.17, 15) is 4.79 Å². The maximum absolute atomic E-state index is 12.8. The summed E-state index contributed by atoms with van der Waals surface area (Å²) in [6.45, 7) is 9.98. The van der Waals surface area contributed by atoms with Gasteiger partial charge in [0.25, 0.3) is 0 Å². The fourth-order valence-electron chi connectivity index (χ4n) is 3.71. The van der Waals surface area contributed by atoms with Crippen molar-refractivity contribution >= 4 is 12.1 Å². The summed E-state index contributed by atoms with van der Waals surface area (Å²) in [5, 5.41) is 7.65. The summed E-state index contributed by atoms with van der Waals surface area (Å²) >= 11 is 0. The summed E-state index contributed by atoms with van der Waals surface area (Å²) < 4.78 is 7.60. The van der Waals surface area contributed by atoms with Crippen LogP contribution in [0.4, 0.5) is 4.79 Å². The number of hydrogen-bond donors (Lipinski definition) is 1. The molecule has 1 aromatic rings. The fourth-order valence-corrected chi connectivity index (χ4v) is 3.71. The highest BCUT2D eigenvalue weighted by Crippen LogP contribution is 2.32. The van der Waals surface area contributed by atoms with Crippen molar-refractivity contribution in [3.63, 3.8) is 0 Å². The van der Waals surface area contributed by atoms with Crippen molar-refractivity contribution in [2.75, 3.05) is 33.2 Å². The summed E-state index contributed by atoms with van der Waals surface area (Å²) in [4.78, 5) is 21.5. The highest BCUT2D eigenvalue weighted by molar-refractivity contribution is 5.80. The molecule has 1 saturated heterocycles. The molecule has 1 N–H and O–H groups in total. The first kappa shape index (κ1) is 21.5. The quantitative estimate of drug-likeness (QED) is 0.583. The van der Waals surface area contributed by atoms with Crippen LogP contribution in [-0.2, 0) is 11.3 Å². The second-order valence-electron chi connectivity index (χ2n) is 9.04.